The van der Waals surface area contributed by atoms with Crippen LogP contribution in [0, 0.1) is 6.92 Å². The lowest BCUT2D eigenvalue weighted by Gasteiger charge is -2.36. The van der Waals surface area contributed by atoms with E-state index in [1.165, 1.54) is 24.4 Å². The van der Waals surface area contributed by atoms with Gasteiger partial charge in [-0.1, -0.05) is 18.2 Å². The number of fused-ring (bicyclic) bond motifs is 4. The van der Waals surface area contributed by atoms with Gasteiger partial charge in [0.15, 0.2) is 5.82 Å². The Balaban J connectivity index is 1.45. The molecule has 4 heterocycles. The molecule has 2 atom stereocenters. The number of halogens is 2. The molecule has 1 aromatic carbocycles. The Morgan fingerprint density at radius 1 is 1.27 bits per heavy atom. The summed E-state index contributed by atoms with van der Waals surface area (Å²) in [7, 11) is 0. The van der Waals surface area contributed by atoms with Crippen LogP contribution < -0.4 is 19.9 Å². The molecular weight excluding hydrogens is 484 g/mol. The number of hydrogen-bond donors (Lipinski definition) is 3. The van der Waals surface area contributed by atoms with Crippen LogP contribution in [0.5, 0.6) is 5.88 Å². The van der Waals surface area contributed by atoms with E-state index in [1.807, 2.05) is 13.0 Å². The van der Waals surface area contributed by atoms with E-state index in [9.17, 15) is 18.7 Å². The number of aliphatic hydroxyl groups excluding tert-OH is 2. The Labute approximate surface area is 212 Å². The van der Waals surface area contributed by atoms with Gasteiger partial charge >= 0.3 is 6.03 Å². The Morgan fingerprint density at radius 2 is 2.11 bits per heavy atom. The standard InChI is InChI=1S/C26H27F2N5O4/c1-15-9-21-25(31-23(15)16-3-2-4-17(10-16)24(27)28)33(19-6-8-32(21)12-19)26(36)30-18-5-7-29-22(11-18)37-14-20(35)13-34/h2-5,7,9-11,19-20,24,34-35H,6,8,12-14H2,1H3,(H,29,30,36)/t19?,20-/m0/s1. The molecule has 1 fully saturated rings. The van der Waals surface area contributed by atoms with Crippen LogP contribution in [0.2, 0.25) is 0 Å². The average Bonchev–Trinajstić information content (AvgIpc) is 3.32. The fourth-order valence-electron chi connectivity index (χ4n) is 4.70. The minimum atomic E-state index is -2.59. The Bertz CT molecular complexity index is 1310. The van der Waals surface area contributed by atoms with Gasteiger partial charge in [0, 0.05) is 42.2 Å². The van der Waals surface area contributed by atoms with E-state index in [1.54, 1.807) is 23.1 Å². The van der Waals surface area contributed by atoms with Crippen LogP contribution >= 0.6 is 0 Å². The van der Waals surface area contributed by atoms with E-state index in [-0.39, 0.29) is 30.1 Å². The molecule has 1 saturated heterocycles. The Morgan fingerprint density at radius 3 is 2.89 bits per heavy atom. The van der Waals surface area contributed by atoms with Crippen LogP contribution in [0.1, 0.15) is 24.0 Å². The van der Waals surface area contributed by atoms with Gasteiger partial charge in [-0.05, 0) is 37.1 Å². The number of aryl methyl sites for hydroxylation is 1. The van der Waals surface area contributed by atoms with Crippen molar-refractivity contribution in [3.05, 3.63) is 59.8 Å². The van der Waals surface area contributed by atoms with Crippen LogP contribution in [-0.4, -0.2) is 64.7 Å². The number of benzene rings is 1. The molecule has 0 radical (unpaired) electrons. The molecule has 5 rings (SSSR count). The second-order valence-corrected chi connectivity index (χ2v) is 9.14. The van der Waals surface area contributed by atoms with Gasteiger partial charge < -0.3 is 25.2 Å². The predicted molar refractivity (Wildman–Crippen MR) is 134 cm³/mol. The highest BCUT2D eigenvalue weighted by atomic mass is 19.3. The van der Waals surface area contributed by atoms with Crippen molar-refractivity contribution < 1.29 is 28.5 Å². The highest BCUT2D eigenvalue weighted by Crippen LogP contribution is 2.42. The summed E-state index contributed by atoms with van der Waals surface area (Å²) in [4.78, 5) is 26.3. The zero-order chi connectivity index (χ0) is 26.1. The number of aromatic nitrogens is 2. The molecule has 3 N–H and O–H groups in total. The lowest BCUT2D eigenvalue weighted by atomic mass is 10.0. The van der Waals surface area contributed by atoms with Crippen LogP contribution in [0.15, 0.2) is 48.7 Å². The molecule has 2 aliphatic heterocycles. The predicted octanol–water partition coefficient (Wildman–Crippen LogP) is 3.75. The molecule has 37 heavy (non-hydrogen) atoms. The maximum atomic E-state index is 13.5. The molecule has 2 aromatic heterocycles. The van der Waals surface area contributed by atoms with Crippen LogP contribution in [0.3, 0.4) is 0 Å². The van der Waals surface area contributed by atoms with Gasteiger partial charge in [0.1, 0.15) is 12.7 Å². The minimum absolute atomic E-state index is 0.0861. The Hall–Kier alpha value is -3.83. The number of carbonyl (C=O) groups excluding carboxylic acids is 1. The highest BCUT2D eigenvalue weighted by Gasteiger charge is 2.40. The minimum Gasteiger partial charge on any atom is -0.475 e. The number of nitrogens with zero attached hydrogens (tertiary/aromatic N) is 4. The number of ether oxygens (including phenoxy) is 1. The molecule has 9 nitrogen and oxygen atoms in total. The van der Waals surface area contributed by atoms with Gasteiger partial charge in [0.05, 0.1) is 24.0 Å². The fraction of sp³-hybridized carbons (Fsp3) is 0.346. The van der Waals surface area contributed by atoms with Gasteiger partial charge in [0.2, 0.25) is 5.88 Å². The fourth-order valence-corrected chi connectivity index (χ4v) is 4.70. The molecule has 2 aliphatic rings. The number of carbonyl (C=O) groups is 1. The first-order valence-electron chi connectivity index (χ1n) is 12.0. The quantitative estimate of drug-likeness (QED) is 0.443. The number of rotatable bonds is 7. The van der Waals surface area contributed by atoms with Gasteiger partial charge in [-0.25, -0.2) is 23.5 Å². The summed E-state index contributed by atoms with van der Waals surface area (Å²) in [6, 6.07) is 10.7. The van der Waals surface area contributed by atoms with E-state index in [0.717, 1.165) is 24.2 Å². The first-order chi connectivity index (χ1) is 17.8. The smallest absolute Gasteiger partial charge is 0.327 e. The molecule has 3 aromatic rings. The normalized spacial score (nSPS) is 17.1. The number of amides is 2. The van der Waals surface area contributed by atoms with Crippen molar-refractivity contribution in [2.24, 2.45) is 0 Å². The topological polar surface area (TPSA) is 111 Å². The molecule has 2 amide bonds. The highest BCUT2D eigenvalue weighted by molar-refractivity contribution is 6.05. The van der Waals surface area contributed by atoms with Crippen molar-refractivity contribution in [3.63, 3.8) is 0 Å². The van der Waals surface area contributed by atoms with Crippen molar-refractivity contribution >= 4 is 23.2 Å². The summed E-state index contributed by atoms with van der Waals surface area (Å²) >= 11 is 0. The van der Waals surface area contributed by atoms with Crippen LogP contribution in [0.25, 0.3) is 11.3 Å². The molecule has 2 bridgehead atoms. The number of nitrogens with one attached hydrogen (secondary N) is 1. The number of anilines is 3. The molecule has 1 unspecified atom stereocenters. The number of hydrogen-bond acceptors (Lipinski definition) is 7. The van der Waals surface area contributed by atoms with Gasteiger partial charge in [-0.3, -0.25) is 4.90 Å². The maximum Gasteiger partial charge on any atom is 0.327 e. The molecule has 194 valence electrons. The number of urea groups is 1. The van der Waals surface area contributed by atoms with Crippen molar-refractivity contribution in [2.75, 3.05) is 41.4 Å². The molecule has 0 saturated carbocycles. The summed E-state index contributed by atoms with van der Waals surface area (Å²) in [5.41, 5.74) is 3.12. The van der Waals surface area contributed by atoms with Crippen molar-refractivity contribution in [1.29, 1.82) is 0 Å². The van der Waals surface area contributed by atoms with Gasteiger partial charge in [-0.15, -0.1) is 0 Å². The van der Waals surface area contributed by atoms with Crippen LogP contribution in [0.4, 0.5) is 30.8 Å². The van der Waals surface area contributed by atoms with E-state index in [4.69, 9.17) is 14.8 Å². The van der Waals surface area contributed by atoms with Crippen molar-refractivity contribution in [2.45, 2.75) is 31.9 Å². The average molecular weight is 512 g/mol. The third-order valence-corrected chi connectivity index (χ3v) is 6.52. The second kappa shape index (κ2) is 10.3. The summed E-state index contributed by atoms with van der Waals surface area (Å²) in [5.74, 6) is 0.664. The molecular formula is C26H27F2N5O4. The first-order valence-corrected chi connectivity index (χ1v) is 12.0. The van der Waals surface area contributed by atoms with E-state index < -0.39 is 19.1 Å². The molecule has 0 spiro atoms. The zero-order valence-electron chi connectivity index (χ0n) is 20.1. The monoisotopic (exact) mass is 511 g/mol. The number of alkyl halides is 2. The van der Waals surface area contributed by atoms with E-state index >= 15 is 0 Å². The summed E-state index contributed by atoms with van der Waals surface area (Å²) in [5, 5.41) is 21.3. The third kappa shape index (κ3) is 5.05. The van der Waals surface area contributed by atoms with Gasteiger partial charge in [0.25, 0.3) is 6.43 Å². The largest absolute Gasteiger partial charge is 0.475 e. The second-order valence-electron chi connectivity index (χ2n) is 9.14. The summed E-state index contributed by atoms with van der Waals surface area (Å²) in [6.45, 7) is 2.76. The number of pyridine rings is 2. The van der Waals surface area contributed by atoms with E-state index in [2.05, 4.69) is 15.2 Å². The van der Waals surface area contributed by atoms with Crippen molar-refractivity contribution in [3.8, 4) is 17.1 Å². The Kier molecular flexibility index (Phi) is 6.90. The SMILES string of the molecule is Cc1cc2c(nc1-c1cccc(C(F)F)c1)N(C(=O)Nc1ccnc(OC[C@@H](O)CO)c1)C1CCN2C1. The number of aliphatic hydroxyl groups is 2. The van der Waals surface area contributed by atoms with E-state index in [0.29, 0.717) is 29.3 Å². The lowest BCUT2D eigenvalue weighted by molar-refractivity contribution is 0.0521. The third-order valence-electron chi connectivity index (χ3n) is 6.52. The van der Waals surface area contributed by atoms with Crippen LogP contribution in [-0.2, 0) is 0 Å². The molecule has 11 heteroatoms. The first kappa shape index (κ1) is 24.8. The van der Waals surface area contributed by atoms with Gasteiger partial charge in [-0.2, -0.15) is 0 Å². The summed E-state index contributed by atoms with van der Waals surface area (Å²) in [6.07, 6.45) is -1.40. The van der Waals surface area contributed by atoms with Crippen molar-refractivity contribution in [1.82, 2.24) is 9.97 Å². The zero-order valence-corrected chi connectivity index (χ0v) is 20.1. The lowest BCUT2D eigenvalue weighted by Crippen LogP contribution is -2.48. The summed E-state index contributed by atoms with van der Waals surface area (Å²) < 4.78 is 32.0. The maximum absolute atomic E-state index is 13.5. The molecule has 0 aliphatic carbocycles.